The van der Waals surface area contributed by atoms with E-state index in [0.29, 0.717) is 18.2 Å². The van der Waals surface area contributed by atoms with Crippen LogP contribution in [-0.2, 0) is 14.4 Å². The van der Waals surface area contributed by atoms with Crippen LogP contribution in [0.2, 0.25) is 0 Å². The normalized spacial score (nSPS) is 20.3. The van der Waals surface area contributed by atoms with Gasteiger partial charge in [-0.3, -0.25) is 14.4 Å². The van der Waals surface area contributed by atoms with Crippen LogP contribution < -0.4 is 5.32 Å². The monoisotopic (exact) mass is 373 g/mol. The molecule has 4 rings (SSSR count). The van der Waals surface area contributed by atoms with Crippen LogP contribution in [0.5, 0.6) is 0 Å². The van der Waals surface area contributed by atoms with Gasteiger partial charge in [0.25, 0.3) is 0 Å². The topological polar surface area (TPSA) is 98.4 Å². The maximum Gasteiger partial charge on any atom is 0.245 e. The Morgan fingerprint density at radius 3 is 3.04 bits per heavy atom. The molecule has 0 unspecified atom stereocenters. The van der Waals surface area contributed by atoms with E-state index in [-0.39, 0.29) is 36.6 Å². The maximum absolute atomic E-state index is 12.5. The first-order chi connectivity index (χ1) is 12.5. The standard InChI is InChI=1S/C17H19N5O3S/c1-10-2-3-11-12(6-10)20-17(19-11)26-9-15(24)21-4-5-22-13(8-21)16(25)18-7-14(22)23/h2-3,6,13H,4-5,7-9H2,1H3,(H,18,25)(H,19,20)/t13-/m0/s1. The summed E-state index contributed by atoms with van der Waals surface area (Å²) in [6.45, 7) is 3.16. The molecule has 3 amide bonds. The molecule has 1 atom stereocenters. The number of carbonyl (C=O) groups excluding carboxylic acids is 3. The van der Waals surface area contributed by atoms with Crippen LogP contribution in [0.15, 0.2) is 23.4 Å². The first-order valence-electron chi connectivity index (χ1n) is 8.45. The lowest BCUT2D eigenvalue weighted by atomic mass is 10.1. The Kier molecular flexibility index (Phi) is 4.31. The molecule has 2 aromatic rings. The van der Waals surface area contributed by atoms with Crippen molar-refractivity contribution in [1.82, 2.24) is 25.1 Å². The van der Waals surface area contributed by atoms with Gasteiger partial charge in [-0.1, -0.05) is 17.8 Å². The fourth-order valence-corrected chi connectivity index (χ4v) is 4.09. The van der Waals surface area contributed by atoms with Gasteiger partial charge in [0.05, 0.1) is 29.9 Å². The van der Waals surface area contributed by atoms with Gasteiger partial charge in [0, 0.05) is 13.1 Å². The van der Waals surface area contributed by atoms with Crippen LogP contribution in [0, 0.1) is 6.92 Å². The van der Waals surface area contributed by atoms with Crippen LogP contribution in [0.4, 0.5) is 0 Å². The number of imidazole rings is 1. The zero-order valence-corrected chi connectivity index (χ0v) is 15.1. The summed E-state index contributed by atoms with van der Waals surface area (Å²) in [7, 11) is 0. The van der Waals surface area contributed by atoms with Crippen LogP contribution in [0.25, 0.3) is 11.0 Å². The van der Waals surface area contributed by atoms with E-state index in [1.807, 2.05) is 25.1 Å². The van der Waals surface area contributed by atoms with Gasteiger partial charge < -0.3 is 20.1 Å². The summed E-state index contributed by atoms with van der Waals surface area (Å²) in [6, 6.07) is 5.39. The number of hydrogen-bond donors (Lipinski definition) is 2. The number of H-pyrrole nitrogens is 1. The lowest BCUT2D eigenvalue weighted by Crippen LogP contribution is -2.66. The minimum atomic E-state index is -0.576. The van der Waals surface area contributed by atoms with Gasteiger partial charge in [0.15, 0.2) is 5.16 Å². The van der Waals surface area contributed by atoms with Crippen molar-refractivity contribution in [3.63, 3.8) is 0 Å². The van der Waals surface area contributed by atoms with E-state index in [1.165, 1.54) is 11.8 Å². The van der Waals surface area contributed by atoms with Crippen LogP contribution in [-0.4, -0.2) is 75.5 Å². The van der Waals surface area contributed by atoms with E-state index >= 15 is 0 Å². The molecule has 3 heterocycles. The molecule has 1 aromatic heterocycles. The highest BCUT2D eigenvalue weighted by molar-refractivity contribution is 7.99. The summed E-state index contributed by atoms with van der Waals surface area (Å²) in [5.74, 6) is -0.102. The number of hydrogen-bond acceptors (Lipinski definition) is 5. The molecule has 0 radical (unpaired) electrons. The number of rotatable bonds is 3. The molecule has 1 aromatic carbocycles. The third kappa shape index (κ3) is 3.14. The predicted molar refractivity (Wildman–Crippen MR) is 96.6 cm³/mol. The summed E-state index contributed by atoms with van der Waals surface area (Å²) in [4.78, 5) is 47.3. The second-order valence-corrected chi connectivity index (χ2v) is 7.48. The zero-order valence-electron chi connectivity index (χ0n) is 14.3. The number of amides is 3. The Labute approximate surface area is 154 Å². The van der Waals surface area contributed by atoms with Crippen molar-refractivity contribution in [2.24, 2.45) is 0 Å². The number of aromatic nitrogens is 2. The molecule has 0 spiro atoms. The number of nitrogens with one attached hydrogen (secondary N) is 2. The van der Waals surface area contributed by atoms with Crippen molar-refractivity contribution in [3.05, 3.63) is 23.8 Å². The minimum Gasteiger partial charge on any atom is -0.345 e. The summed E-state index contributed by atoms with van der Waals surface area (Å²) >= 11 is 1.35. The smallest absolute Gasteiger partial charge is 0.245 e. The average molecular weight is 373 g/mol. The third-order valence-electron chi connectivity index (χ3n) is 4.72. The molecule has 0 aliphatic carbocycles. The number of nitrogens with zero attached hydrogens (tertiary/aromatic N) is 3. The molecule has 136 valence electrons. The highest BCUT2D eigenvalue weighted by Crippen LogP contribution is 2.21. The van der Waals surface area contributed by atoms with Crippen molar-refractivity contribution in [2.45, 2.75) is 18.1 Å². The Morgan fingerprint density at radius 1 is 1.35 bits per heavy atom. The van der Waals surface area contributed by atoms with Gasteiger partial charge in [0.1, 0.15) is 6.04 Å². The number of piperazine rings is 2. The Balaban J connectivity index is 1.38. The summed E-state index contributed by atoms with van der Waals surface area (Å²) < 4.78 is 0. The molecular formula is C17H19N5O3S. The SMILES string of the molecule is Cc1ccc2nc(SCC(=O)N3CCN4C(=O)CNC(=O)[C@@H]4C3)[nH]c2c1. The Morgan fingerprint density at radius 2 is 2.19 bits per heavy atom. The Bertz CT molecular complexity index is 896. The van der Waals surface area contributed by atoms with E-state index in [2.05, 4.69) is 15.3 Å². The van der Waals surface area contributed by atoms with Crippen LogP contribution in [0.1, 0.15) is 5.56 Å². The molecule has 2 fully saturated rings. The fourth-order valence-electron chi connectivity index (χ4n) is 3.30. The number of thioether (sulfide) groups is 1. The molecular weight excluding hydrogens is 354 g/mol. The number of benzene rings is 1. The number of aromatic amines is 1. The Hall–Kier alpha value is -2.55. The first-order valence-corrected chi connectivity index (χ1v) is 9.44. The van der Waals surface area contributed by atoms with E-state index in [4.69, 9.17) is 0 Å². The number of carbonyl (C=O) groups is 3. The van der Waals surface area contributed by atoms with E-state index < -0.39 is 6.04 Å². The van der Waals surface area contributed by atoms with Gasteiger partial charge in [0.2, 0.25) is 17.7 Å². The molecule has 0 saturated carbocycles. The number of fused-ring (bicyclic) bond motifs is 2. The highest BCUT2D eigenvalue weighted by atomic mass is 32.2. The largest absolute Gasteiger partial charge is 0.345 e. The molecule has 2 N–H and O–H groups in total. The zero-order chi connectivity index (χ0) is 18.3. The predicted octanol–water partition coefficient (Wildman–Crippen LogP) is 0.133. The highest BCUT2D eigenvalue weighted by Gasteiger charge is 2.39. The maximum atomic E-state index is 12.5. The molecule has 2 aliphatic heterocycles. The average Bonchev–Trinajstić information content (AvgIpc) is 3.04. The molecule has 2 saturated heterocycles. The van der Waals surface area contributed by atoms with Crippen LogP contribution >= 0.6 is 11.8 Å². The third-order valence-corrected chi connectivity index (χ3v) is 5.58. The molecule has 8 nitrogen and oxygen atoms in total. The lowest BCUT2D eigenvalue weighted by molar-refractivity contribution is -0.151. The molecule has 9 heteroatoms. The molecule has 2 aliphatic rings. The van der Waals surface area contributed by atoms with Gasteiger partial charge in [-0.25, -0.2) is 4.98 Å². The van der Waals surface area contributed by atoms with Crippen molar-refractivity contribution in [3.8, 4) is 0 Å². The van der Waals surface area contributed by atoms with Crippen molar-refractivity contribution < 1.29 is 14.4 Å². The molecule has 26 heavy (non-hydrogen) atoms. The van der Waals surface area contributed by atoms with E-state index in [9.17, 15) is 14.4 Å². The lowest BCUT2D eigenvalue weighted by Gasteiger charge is -2.42. The summed E-state index contributed by atoms with van der Waals surface area (Å²) in [5.41, 5.74) is 2.97. The van der Waals surface area contributed by atoms with E-state index in [0.717, 1.165) is 16.6 Å². The van der Waals surface area contributed by atoms with Crippen molar-refractivity contribution in [2.75, 3.05) is 31.9 Å². The van der Waals surface area contributed by atoms with Crippen molar-refractivity contribution >= 4 is 40.5 Å². The molecule has 0 bridgehead atoms. The van der Waals surface area contributed by atoms with Gasteiger partial charge >= 0.3 is 0 Å². The van der Waals surface area contributed by atoms with Gasteiger partial charge in [-0.2, -0.15) is 0 Å². The number of aryl methyl sites for hydroxylation is 1. The fraction of sp³-hybridized carbons (Fsp3) is 0.412. The first kappa shape index (κ1) is 16.9. The van der Waals surface area contributed by atoms with Crippen molar-refractivity contribution in [1.29, 1.82) is 0 Å². The van der Waals surface area contributed by atoms with Gasteiger partial charge in [-0.15, -0.1) is 0 Å². The second-order valence-electron chi connectivity index (χ2n) is 6.51. The quantitative estimate of drug-likeness (QED) is 0.746. The summed E-state index contributed by atoms with van der Waals surface area (Å²) in [6.07, 6.45) is 0. The second kappa shape index (κ2) is 6.64. The van der Waals surface area contributed by atoms with E-state index in [1.54, 1.807) is 9.80 Å². The summed E-state index contributed by atoms with van der Waals surface area (Å²) in [5, 5.41) is 3.28. The van der Waals surface area contributed by atoms with Gasteiger partial charge in [-0.05, 0) is 24.6 Å². The van der Waals surface area contributed by atoms with Crippen LogP contribution in [0.3, 0.4) is 0 Å². The minimum absolute atomic E-state index is 0.0463.